The quantitative estimate of drug-likeness (QED) is 0.759. The smallest absolute Gasteiger partial charge is 0.289 e. The van der Waals surface area contributed by atoms with Gasteiger partial charge in [0.25, 0.3) is 5.91 Å². The molecule has 2 aromatic heterocycles. The van der Waals surface area contributed by atoms with E-state index in [2.05, 4.69) is 4.98 Å². The third-order valence-corrected chi connectivity index (χ3v) is 7.09. The first-order chi connectivity index (χ1) is 13.3. The van der Waals surface area contributed by atoms with Crippen LogP contribution in [0.5, 0.6) is 0 Å². The van der Waals surface area contributed by atoms with Gasteiger partial charge in [0.2, 0.25) is 10.0 Å². The van der Waals surface area contributed by atoms with Crippen LogP contribution in [0, 0.1) is 11.3 Å². The Morgan fingerprint density at radius 2 is 2.21 bits per heavy atom. The van der Waals surface area contributed by atoms with E-state index in [0.717, 1.165) is 0 Å². The predicted molar refractivity (Wildman–Crippen MR) is 100.0 cm³/mol. The molecule has 0 aromatic carbocycles. The lowest BCUT2D eigenvalue weighted by Crippen LogP contribution is -2.52. The maximum atomic E-state index is 12.9. The van der Waals surface area contributed by atoms with Gasteiger partial charge in [0, 0.05) is 44.0 Å². The van der Waals surface area contributed by atoms with E-state index in [1.54, 1.807) is 29.6 Å². The Morgan fingerprint density at radius 1 is 1.39 bits per heavy atom. The number of rotatable bonds is 5. The molecule has 28 heavy (non-hydrogen) atoms. The second kappa shape index (κ2) is 7.02. The van der Waals surface area contributed by atoms with Crippen molar-refractivity contribution < 1.29 is 22.7 Å². The molecule has 1 N–H and O–H groups in total. The highest BCUT2D eigenvalue weighted by atomic mass is 32.2. The first-order valence-corrected chi connectivity index (χ1v) is 11.1. The molecule has 2 atom stereocenters. The van der Waals surface area contributed by atoms with Crippen molar-refractivity contribution in [2.45, 2.75) is 13.0 Å². The van der Waals surface area contributed by atoms with Crippen LogP contribution < -0.4 is 0 Å². The second-order valence-corrected chi connectivity index (χ2v) is 9.77. The summed E-state index contributed by atoms with van der Waals surface area (Å²) in [4.78, 5) is 18.6. The van der Waals surface area contributed by atoms with Crippen molar-refractivity contribution in [1.82, 2.24) is 18.8 Å². The molecule has 2 saturated heterocycles. The number of sulfonamides is 1. The van der Waals surface area contributed by atoms with Crippen LogP contribution in [0.3, 0.4) is 0 Å². The number of aromatic nitrogens is 2. The van der Waals surface area contributed by atoms with Gasteiger partial charge in [0.05, 0.1) is 25.7 Å². The predicted octanol–water partition coefficient (Wildman–Crippen LogP) is 0.240. The van der Waals surface area contributed by atoms with E-state index >= 15 is 0 Å². The number of hydrogen-bond acceptors (Lipinski definition) is 6. The van der Waals surface area contributed by atoms with E-state index in [1.165, 1.54) is 10.6 Å². The van der Waals surface area contributed by atoms with Gasteiger partial charge in [-0.3, -0.25) is 4.79 Å². The molecule has 1 amide bonds. The summed E-state index contributed by atoms with van der Waals surface area (Å²) in [7, 11) is -3.33. The molecule has 4 heterocycles. The fourth-order valence-corrected chi connectivity index (χ4v) is 5.22. The Hall–Kier alpha value is -2.17. The van der Waals surface area contributed by atoms with Crippen LogP contribution in [0.4, 0.5) is 0 Å². The SMILES string of the molecule is CS(=O)(=O)N1C[C@@H]2CCN(C(=O)c3ccc(Cn4ccnc4)o3)C[C@]2(CO)C1. The number of carbonyl (C=O) groups excluding carboxylic acids is 1. The largest absolute Gasteiger partial charge is 0.454 e. The molecule has 2 aromatic rings. The highest BCUT2D eigenvalue weighted by Gasteiger charge is 2.52. The molecule has 0 saturated carbocycles. The summed E-state index contributed by atoms with van der Waals surface area (Å²) in [5, 5.41) is 10.1. The lowest BCUT2D eigenvalue weighted by molar-refractivity contribution is 0.0113. The third-order valence-electron chi connectivity index (χ3n) is 5.88. The van der Waals surface area contributed by atoms with Crippen molar-refractivity contribution in [1.29, 1.82) is 0 Å². The fraction of sp³-hybridized carbons (Fsp3) is 0.556. The molecule has 2 aliphatic rings. The lowest BCUT2D eigenvalue weighted by Gasteiger charge is -2.42. The van der Waals surface area contributed by atoms with Crippen molar-refractivity contribution in [3.8, 4) is 0 Å². The molecular formula is C18H24N4O5S. The Kier molecular flexibility index (Phi) is 4.80. The number of piperidine rings is 1. The summed E-state index contributed by atoms with van der Waals surface area (Å²) in [6.45, 7) is 1.80. The number of carbonyl (C=O) groups is 1. The van der Waals surface area contributed by atoms with Crippen molar-refractivity contribution in [3.63, 3.8) is 0 Å². The van der Waals surface area contributed by atoms with Crippen molar-refractivity contribution in [2.75, 3.05) is 39.0 Å². The Balaban J connectivity index is 1.48. The average molecular weight is 408 g/mol. The van der Waals surface area contributed by atoms with Gasteiger partial charge in [0.15, 0.2) is 5.76 Å². The van der Waals surface area contributed by atoms with Crippen molar-refractivity contribution >= 4 is 15.9 Å². The number of imidazole rings is 1. The summed E-state index contributed by atoms with van der Waals surface area (Å²) in [6, 6.07) is 3.42. The van der Waals surface area contributed by atoms with Crippen molar-refractivity contribution in [2.24, 2.45) is 11.3 Å². The van der Waals surface area contributed by atoms with Crippen LogP contribution >= 0.6 is 0 Å². The van der Waals surface area contributed by atoms with Gasteiger partial charge in [-0.25, -0.2) is 17.7 Å². The molecule has 2 fully saturated rings. The average Bonchev–Trinajstić information content (AvgIpc) is 3.40. The van der Waals surface area contributed by atoms with E-state index in [-0.39, 0.29) is 30.7 Å². The normalized spacial score (nSPS) is 25.8. The van der Waals surface area contributed by atoms with Gasteiger partial charge in [-0.1, -0.05) is 0 Å². The van der Waals surface area contributed by atoms with Crippen LogP contribution in [0.2, 0.25) is 0 Å². The summed E-state index contributed by atoms with van der Waals surface area (Å²) in [5.41, 5.74) is -0.622. The monoisotopic (exact) mass is 408 g/mol. The van der Waals surface area contributed by atoms with Crippen LogP contribution in [0.15, 0.2) is 35.3 Å². The summed E-state index contributed by atoms with van der Waals surface area (Å²) in [6.07, 6.45) is 7.00. The van der Waals surface area contributed by atoms with Crippen molar-refractivity contribution in [3.05, 3.63) is 42.4 Å². The number of hydrogen-bond donors (Lipinski definition) is 1. The maximum Gasteiger partial charge on any atom is 0.289 e. The topological polar surface area (TPSA) is 109 Å². The standard InChI is InChI=1S/C18H24N4O5S/c1-28(25,26)22-8-14-4-6-21(10-18(14,11-22)12-23)17(24)16-3-2-15(27-16)9-20-7-5-19-13-20/h2-3,5,7,13-14,23H,4,6,8-12H2,1H3/t14-,18+/m0/s1. The first kappa shape index (κ1) is 19.2. The minimum Gasteiger partial charge on any atom is -0.454 e. The lowest BCUT2D eigenvalue weighted by atomic mass is 9.74. The van der Waals surface area contributed by atoms with Gasteiger partial charge >= 0.3 is 0 Å². The summed E-state index contributed by atoms with van der Waals surface area (Å²) < 4.78 is 32.9. The first-order valence-electron chi connectivity index (χ1n) is 9.20. The highest BCUT2D eigenvalue weighted by Crippen LogP contribution is 2.43. The van der Waals surface area contributed by atoms with Gasteiger partial charge < -0.3 is 19.0 Å². The number of likely N-dealkylation sites (tertiary alicyclic amines) is 1. The fourth-order valence-electron chi connectivity index (χ4n) is 4.28. The molecule has 152 valence electrons. The van der Waals surface area contributed by atoms with Gasteiger partial charge in [-0.2, -0.15) is 0 Å². The minimum atomic E-state index is -3.33. The molecule has 0 aliphatic carbocycles. The highest BCUT2D eigenvalue weighted by molar-refractivity contribution is 7.88. The van der Waals surface area contributed by atoms with E-state index in [0.29, 0.717) is 38.4 Å². The van der Waals surface area contributed by atoms with E-state index in [9.17, 15) is 18.3 Å². The molecule has 0 bridgehead atoms. The number of furan rings is 1. The van der Waals surface area contributed by atoms with E-state index < -0.39 is 15.4 Å². The molecule has 2 aliphatic heterocycles. The number of aliphatic hydroxyl groups is 1. The summed E-state index contributed by atoms with van der Waals surface area (Å²) >= 11 is 0. The molecule has 4 rings (SSSR count). The van der Waals surface area contributed by atoms with Gasteiger partial charge in [-0.05, 0) is 24.5 Å². The zero-order chi connectivity index (χ0) is 19.9. The second-order valence-electron chi connectivity index (χ2n) is 7.79. The van der Waals surface area contributed by atoms with Crippen LogP contribution in [-0.4, -0.2) is 77.2 Å². The third kappa shape index (κ3) is 3.47. The molecule has 0 radical (unpaired) electrons. The number of fused-ring (bicyclic) bond motifs is 1. The Bertz CT molecular complexity index is 955. The van der Waals surface area contributed by atoms with E-state index in [1.807, 2.05) is 10.8 Å². The van der Waals surface area contributed by atoms with Crippen LogP contribution in [0.1, 0.15) is 22.7 Å². The van der Waals surface area contributed by atoms with Crippen LogP contribution in [0.25, 0.3) is 0 Å². The molecule has 0 spiro atoms. The number of nitrogens with zero attached hydrogens (tertiary/aromatic N) is 4. The molecular weight excluding hydrogens is 384 g/mol. The van der Waals surface area contributed by atoms with Gasteiger partial charge in [-0.15, -0.1) is 0 Å². The zero-order valence-corrected chi connectivity index (χ0v) is 16.5. The maximum absolute atomic E-state index is 12.9. The zero-order valence-electron chi connectivity index (χ0n) is 15.7. The Labute approximate surface area is 163 Å². The van der Waals surface area contributed by atoms with Gasteiger partial charge in [0.1, 0.15) is 5.76 Å². The number of aliphatic hydroxyl groups excluding tert-OH is 1. The molecule has 0 unspecified atom stereocenters. The molecule has 9 nitrogen and oxygen atoms in total. The minimum absolute atomic E-state index is 0.0460. The van der Waals surface area contributed by atoms with Crippen LogP contribution in [-0.2, 0) is 16.6 Å². The van der Waals surface area contributed by atoms with E-state index in [4.69, 9.17) is 4.42 Å². The molecule has 10 heteroatoms. The summed E-state index contributed by atoms with van der Waals surface area (Å²) in [5.74, 6) is 0.711. The Morgan fingerprint density at radius 3 is 2.89 bits per heavy atom. The number of amides is 1.